The monoisotopic (exact) mass is 187 g/mol. The van der Waals surface area contributed by atoms with Gasteiger partial charge in [0.1, 0.15) is 6.54 Å². The van der Waals surface area contributed by atoms with Crippen LogP contribution in [0.3, 0.4) is 0 Å². The van der Waals surface area contributed by atoms with Crippen molar-refractivity contribution in [2.24, 2.45) is 0 Å². The number of nitrogens with zero attached hydrogens (tertiary/aromatic N) is 1. The van der Waals surface area contributed by atoms with Crippen LogP contribution < -0.4 is 10.6 Å². The number of hydrogen-bond acceptors (Lipinski definition) is 3. The van der Waals surface area contributed by atoms with Gasteiger partial charge in [-0.2, -0.15) is 0 Å². The topological polar surface area (TPSA) is 98.7 Å². The molecule has 1 heterocycles. The summed E-state index contributed by atoms with van der Waals surface area (Å²) in [7, 11) is 0. The number of carbonyl (C=O) groups excluding carboxylic acids is 2. The van der Waals surface area contributed by atoms with Crippen LogP contribution in [0.25, 0.3) is 0 Å². The summed E-state index contributed by atoms with van der Waals surface area (Å²) in [5.41, 5.74) is 0. The number of urea groups is 2. The fourth-order valence-corrected chi connectivity index (χ4v) is 0.912. The van der Waals surface area contributed by atoms with Crippen LogP contribution in [0.2, 0.25) is 0 Å². The van der Waals surface area contributed by atoms with E-state index in [0.717, 1.165) is 4.90 Å². The second-order valence-electron chi connectivity index (χ2n) is 2.44. The maximum atomic E-state index is 11.1. The first-order valence-corrected chi connectivity index (χ1v) is 3.66. The lowest BCUT2D eigenvalue weighted by Crippen LogP contribution is -2.43. The first-order chi connectivity index (χ1) is 6.11. The van der Waals surface area contributed by atoms with Gasteiger partial charge in [-0.15, -0.1) is 0 Å². The molecule has 0 aliphatic carbocycles. The summed E-state index contributed by atoms with van der Waals surface area (Å²) in [6, 6.07) is -1.18. The zero-order valence-corrected chi connectivity index (χ0v) is 6.74. The minimum atomic E-state index is -1.15. The fraction of sp³-hybridized carbons (Fsp3) is 0.500. The largest absolute Gasteiger partial charge is 0.480 e. The zero-order chi connectivity index (χ0) is 9.84. The molecule has 0 aromatic carbocycles. The zero-order valence-electron chi connectivity index (χ0n) is 6.74. The molecule has 7 heteroatoms. The number of hydrogen-bond donors (Lipinski definition) is 3. The summed E-state index contributed by atoms with van der Waals surface area (Å²) in [4.78, 5) is 32.9. The van der Waals surface area contributed by atoms with Gasteiger partial charge in [0.25, 0.3) is 0 Å². The van der Waals surface area contributed by atoms with Gasteiger partial charge in [0.15, 0.2) is 0 Å². The average molecular weight is 187 g/mol. The van der Waals surface area contributed by atoms with E-state index in [2.05, 4.69) is 10.6 Å². The first kappa shape index (κ1) is 9.30. The molecule has 1 aliphatic rings. The predicted octanol–water partition coefficient (Wildman–Crippen LogP) is -1.19. The number of imide groups is 1. The Morgan fingerprint density at radius 1 is 1.62 bits per heavy atom. The van der Waals surface area contributed by atoms with Gasteiger partial charge in [-0.25, -0.2) is 14.5 Å². The molecule has 7 nitrogen and oxygen atoms in total. The van der Waals surface area contributed by atoms with Crippen LogP contribution in [-0.2, 0) is 4.79 Å². The summed E-state index contributed by atoms with van der Waals surface area (Å²) in [5, 5.41) is 12.7. The van der Waals surface area contributed by atoms with Gasteiger partial charge in [-0.05, 0) is 0 Å². The molecule has 1 fully saturated rings. The third-order valence-corrected chi connectivity index (χ3v) is 1.49. The Labute approximate surface area is 73.7 Å². The molecule has 4 amide bonds. The van der Waals surface area contributed by atoms with Crippen molar-refractivity contribution < 1.29 is 19.5 Å². The van der Waals surface area contributed by atoms with E-state index < -0.39 is 24.6 Å². The van der Waals surface area contributed by atoms with E-state index in [4.69, 9.17) is 5.11 Å². The molecule has 0 spiro atoms. The maximum absolute atomic E-state index is 11.1. The van der Waals surface area contributed by atoms with Gasteiger partial charge in [0, 0.05) is 13.1 Å². The van der Waals surface area contributed by atoms with Crippen molar-refractivity contribution in [1.29, 1.82) is 0 Å². The van der Waals surface area contributed by atoms with Crippen molar-refractivity contribution in [1.82, 2.24) is 15.5 Å². The molecular formula is C6H9N3O4. The Balaban J connectivity index is 2.39. The third-order valence-electron chi connectivity index (χ3n) is 1.49. The molecule has 13 heavy (non-hydrogen) atoms. The van der Waals surface area contributed by atoms with E-state index in [9.17, 15) is 14.4 Å². The van der Waals surface area contributed by atoms with Crippen LogP contribution in [0.5, 0.6) is 0 Å². The third kappa shape index (κ3) is 2.32. The van der Waals surface area contributed by atoms with E-state index >= 15 is 0 Å². The highest BCUT2D eigenvalue weighted by Gasteiger charge is 2.25. The van der Waals surface area contributed by atoms with Crippen LogP contribution >= 0.6 is 0 Å². The summed E-state index contributed by atoms with van der Waals surface area (Å²) < 4.78 is 0. The number of carbonyl (C=O) groups is 3. The van der Waals surface area contributed by atoms with Crippen molar-refractivity contribution in [3.05, 3.63) is 0 Å². The van der Waals surface area contributed by atoms with Crippen LogP contribution in [0.1, 0.15) is 0 Å². The number of aliphatic carboxylic acids is 1. The highest BCUT2D eigenvalue weighted by atomic mass is 16.4. The summed E-state index contributed by atoms with van der Waals surface area (Å²) in [6.07, 6.45) is 0. The summed E-state index contributed by atoms with van der Waals surface area (Å²) in [6.45, 7) is 0.187. The molecule has 1 aliphatic heterocycles. The smallest absolute Gasteiger partial charge is 0.326 e. The average Bonchev–Trinajstić information content (AvgIpc) is 2.47. The lowest BCUT2D eigenvalue weighted by Gasteiger charge is -2.11. The van der Waals surface area contributed by atoms with E-state index in [1.807, 2.05) is 0 Å². The van der Waals surface area contributed by atoms with Crippen molar-refractivity contribution >= 4 is 18.0 Å². The van der Waals surface area contributed by atoms with E-state index in [1.165, 1.54) is 0 Å². The standard InChI is InChI=1S/C6H9N3O4/c10-4(11)3-8-6(13)9-2-1-7-5(9)12/h1-3H2,(H,7,12)(H,8,13)(H,10,11). The molecule has 0 saturated carbocycles. The number of rotatable bonds is 2. The second-order valence-corrected chi connectivity index (χ2v) is 2.44. The van der Waals surface area contributed by atoms with E-state index in [1.54, 1.807) is 0 Å². The van der Waals surface area contributed by atoms with Crippen LogP contribution in [0.4, 0.5) is 9.59 Å². The molecule has 0 aromatic rings. The Morgan fingerprint density at radius 2 is 2.31 bits per heavy atom. The normalized spacial score (nSPS) is 15.4. The van der Waals surface area contributed by atoms with Gasteiger partial charge < -0.3 is 15.7 Å². The predicted molar refractivity (Wildman–Crippen MR) is 41.1 cm³/mol. The number of carboxylic acid groups (broad SMARTS) is 1. The van der Waals surface area contributed by atoms with Crippen molar-refractivity contribution in [3.8, 4) is 0 Å². The molecule has 1 saturated heterocycles. The van der Waals surface area contributed by atoms with E-state index in [0.29, 0.717) is 6.54 Å². The highest BCUT2D eigenvalue weighted by molar-refractivity contribution is 5.95. The van der Waals surface area contributed by atoms with Crippen LogP contribution in [0, 0.1) is 0 Å². The van der Waals surface area contributed by atoms with Gasteiger partial charge in [-0.3, -0.25) is 4.79 Å². The van der Waals surface area contributed by atoms with Gasteiger partial charge in [0.2, 0.25) is 0 Å². The molecule has 0 radical (unpaired) electrons. The quantitative estimate of drug-likeness (QED) is 0.506. The highest BCUT2D eigenvalue weighted by Crippen LogP contribution is 1.96. The Hall–Kier alpha value is -1.79. The molecule has 1 rings (SSSR count). The van der Waals surface area contributed by atoms with Gasteiger partial charge in [-0.1, -0.05) is 0 Å². The molecule has 0 bridgehead atoms. The SMILES string of the molecule is O=C(O)CNC(=O)N1CCNC1=O. The lowest BCUT2D eigenvalue weighted by molar-refractivity contribution is -0.135. The fourth-order valence-electron chi connectivity index (χ4n) is 0.912. The number of amides is 4. The molecular weight excluding hydrogens is 178 g/mol. The number of carboxylic acids is 1. The van der Waals surface area contributed by atoms with Crippen LogP contribution in [-0.4, -0.2) is 47.7 Å². The van der Waals surface area contributed by atoms with Crippen LogP contribution in [0.15, 0.2) is 0 Å². The second kappa shape index (κ2) is 3.74. The number of nitrogens with one attached hydrogen (secondary N) is 2. The molecule has 0 unspecified atom stereocenters. The Morgan fingerprint density at radius 3 is 2.77 bits per heavy atom. The maximum Gasteiger partial charge on any atom is 0.326 e. The molecule has 3 N–H and O–H groups in total. The van der Waals surface area contributed by atoms with Crippen molar-refractivity contribution in [2.75, 3.05) is 19.6 Å². The van der Waals surface area contributed by atoms with Gasteiger partial charge in [0.05, 0.1) is 0 Å². The summed E-state index contributed by atoms with van der Waals surface area (Å²) in [5.74, 6) is -1.15. The van der Waals surface area contributed by atoms with Gasteiger partial charge >= 0.3 is 18.0 Å². The Bertz CT molecular complexity index is 252. The first-order valence-electron chi connectivity index (χ1n) is 3.66. The van der Waals surface area contributed by atoms with Crippen molar-refractivity contribution in [2.45, 2.75) is 0 Å². The molecule has 72 valence electrons. The minimum absolute atomic E-state index is 0.268. The molecule has 0 atom stereocenters. The Kier molecular flexibility index (Phi) is 2.68. The lowest BCUT2D eigenvalue weighted by atomic mass is 10.6. The summed E-state index contributed by atoms with van der Waals surface area (Å²) >= 11 is 0. The van der Waals surface area contributed by atoms with Crippen molar-refractivity contribution in [3.63, 3.8) is 0 Å². The minimum Gasteiger partial charge on any atom is -0.480 e. The molecule has 0 aromatic heterocycles. The van der Waals surface area contributed by atoms with E-state index in [-0.39, 0.29) is 6.54 Å².